The van der Waals surface area contributed by atoms with Crippen LogP contribution in [0.1, 0.15) is 42.4 Å². The molecule has 5 nitrogen and oxygen atoms in total. The number of nitrogens with one attached hydrogen (secondary N) is 1. The van der Waals surface area contributed by atoms with Crippen LogP contribution in [0.4, 0.5) is 13.2 Å². The van der Waals surface area contributed by atoms with Crippen molar-refractivity contribution in [3.8, 4) is 0 Å². The Morgan fingerprint density at radius 3 is 2.34 bits per heavy atom. The summed E-state index contributed by atoms with van der Waals surface area (Å²) in [4.78, 5) is 29.6. The third-order valence-corrected chi connectivity index (χ3v) is 6.94. The maximum absolute atomic E-state index is 13.0. The van der Waals surface area contributed by atoms with Gasteiger partial charge in [0.25, 0.3) is 0 Å². The smallest absolute Gasteiger partial charge is 0.353 e. The standard InChI is InChI=1S/C27H32F3N3O2/c28-27(29,30)23-10-4-8-21(16-23)18-32-14-11-24(12-15-32)31-26(35)22-9-5-13-33(19-22)25(34)17-20-6-2-1-3-7-20/h1-4,6-8,10,16,22,24H,5,9,11-15,17-19H2,(H,31,35). The Bertz CT molecular complexity index is 1000. The molecule has 1 unspecified atom stereocenters. The van der Waals surface area contributed by atoms with Crippen molar-refractivity contribution in [2.75, 3.05) is 26.2 Å². The Balaban J connectivity index is 1.22. The van der Waals surface area contributed by atoms with Gasteiger partial charge in [-0.15, -0.1) is 0 Å². The van der Waals surface area contributed by atoms with Crippen molar-refractivity contribution >= 4 is 11.8 Å². The molecule has 0 radical (unpaired) electrons. The lowest BCUT2D eigenvalue weighted by Crippen LogP contribution is -2.50. The first kappa shape index (κ1) is 25.2. The molecule has 0 saturated carbocycles. The minimum Gasteiger partial charge on any atom is -0.353 e. The minimum atomic E-state index is -4.34. The fourth-order valence-corrected chi connectivity index (χ4v) is 4.96. The molecule has 2 aromatic carbocycles. The predicted molar refractivity (Wildman–Crippen MR) is 127 cm³/mol. The van der Waals surface area contributed by atoms with Crippen LogP contribution in [0.25, 0.3) is 0 Å². The summed E-state index contributed by atoms with van der Waals surface area (Å²) in [5.74, 6) is -0.151. The summed E-state index contributed by atoms with van der Waals surface area (Å²) in [7, 11) is 0. The largest absolute Gasteiger partial charge is 0.416 e. The van der Waals surface area contributed by atoms with Gasteiger partial charge in [0.1, 0.15) is 0 Å². The summed E-state index contributed by atoms with van der Waals surface area (Å²) in [6.07, 6.45) is -0.890. The fourth-order valence-electron chi connectivity index (χ4n) is 4.96. The van der Waals surface area contributed by atoms with Crippen LogP contribution in [0.3, 0.4) is 0 Å². The van der Waals surface area contributed by atoms with E-state index in [0.717, 1.165) is 37.3 Å². The van der Waals surface area contributed by atoms with Crippen molar-refractivity contribution in [1.29, 1.82) is 0 Å². The van der Waals surface area contributed by atoms with Gasteiger partial charge in [0.15, 0.2) is 0 Å². The molecular formula is C27H32F3N3O2. The predicted octanol–water partition coefficient (Wildman–Crippen LogP) is 4.27. The Hall–Kier alpha value is -2.87. The van der Waals surface area contributed by atoms with Crippen LogP contribution >= 0.6 is 0 Å². The highest BCUT2D eigenvalue weighted by Crippen LogP contribution is 2.30. The maximum atomic E-state index is 13.0. The number of carbonyl (C=O) groups is 2. The highest BCUT2D eigenvalue weighted by atomic mass is 19.4. The third-order valence-electron chi connectivity index (χ3n) is 6.94. The number of benzene rings is 2. The summed E-state index contributed by atoms with van der Waals surface area (Å²) < 4.78 is 38.9. The first-order valence-electron chi connectivity index (χ1n) is 12.3. The number of piperidine rings is 2. The zero-order valence-corrected chi connectivity index (χ0v) is 19.8. The lowest BCUT2D eigenvalue weighted by atomic mass is 9.95. The van der Waals surface area contributed by atoms with Gasteiger partial charge in [-0.3, -0.25) is 14.5 Å². The molecule has 8 heteroatoms. The van der Waals surface area contributed by atoms with Crippen LogP contribution in [0.15, 0.2) is 54.6 Å². The summed E-state index contributed by atoms with van der Waals surface area (Å²) in [6, 6.07) is 15.1. The third kappa shape index (κ3) is 7.07. The van der Waals surface area contributed by atoms with Crippen LogP contribution in [0, 0.1) is 5.92 Å². The molecule has 2 aromatic rings. The second-order valence-electron chi connectivity index (χ2n) is 9.60. The molecule has 2 fully saturated rings. The highest BCUT2D eigenvalue weighted by molar-refractivity contribution is 5.82. The van der Waals surface area contributed by atoms with Gasteiger partial charge in [0, 0.05) is 38.8 Å². The molecule has 1 N–H and O–H groups in total. The lowest BCUT2D eigenvalue weighted by Gasteiger charge is -2.35. The van der Waals surface area contributed by atoms with E-state index in [0.29, 0.717) is 44.7 Å². The van der Waals surface area contributed by atoms with Crippen LogP contribution in [-0.4, -0.2) is 53.8 Å². The van der Waals surface area contributed by atoms with Gasteiger partial charge in [0.2, 0.25) is 11.8 Å². The van der Waals surface area contributed by atoms with Gasteiger partial charge in [-0.25, -0.2) is 0 Å². The van der Waals surface area contributed by atoms with Crippen LogP contribution < -0.4 is 5.32 Å². The number of hydrogen-bond donors (Lipinski definition) is 1. The van der Waals surface area contributed by atoms with Gasteiger partial charge in [-0.1, -0.05) is 48.5 Å². The molecule has 2 aliphatic rings. The molecule has 2 saturated heterocycles. The molecule has 0 aromatic heterocycles. The summed E-state index contributed by atoms with van der Waals surface area (Å²) in [5, 5.41) is 3.16. The monoisotopic (exact) mass is 487 g/mol. The van der Waals surface area contributed by atoms with E-state index in [1.165, 1.54) is 12.1 Å². The van der Waals surface area contributed by atoms with Crippen molar-refractivity contribution in [3.05, 3.63) is 71.3 Å². The Labute approximate surface area is 204 Å². The Morgan fingerprint density at radius 2 is 1.63 bits per heavy atom. The van der Waals surface area contributed by atoms with E-state index in [2.05, 4.69) is 10.2 Å². The Kier molecular flexibility index (Phi) is 8.11. The average Bonchev–Trinajstić information content (AvgIpc) is 2.85. The molecule has 0 aliphatic carbocycles. The highest BCUT2D eigenvalue weighted by Gasteiger charge is 2.32. The fraction of sp³-hybridized carbons (Fsp3) is 0.481. The van der Waals surface area contributed by atoms with E-state index in [4.69, 9.17) is 0 Å². The van der Waals surface area contributed by atoms with E-state index in [-0.39, 0.29) is 23.8 Å². The van der Waals surface area contributed by atoms with Crippen LogP contribution in [0.5, 0.6) is 0 Å². The van der Waals surface area contributed by atoms with E-state index < -0.39 is 11.7 Å². The number of hydrogen-bond acceptors (Lipinski definition) is 3. The van der Waals surface area contributed by atoms with Crippen molar-refractivity contribution in [2.45, 2.75) is 50.9 Å². The van der Waals surface area contributed by atoms with Crippen molar-refractivity contribution < 1.29 is 22.8 Å². The number of rotatable bonds is 6. The number of halogens is 3. The number of amides is 2. The van der Waals surface area contributed by atoms with Gasteiger partial charge < -0.3 is 10.2 Å². The molecule has 0 bridgehead atoms. The molecule has 0 spiro atoms. The summed E-state index contributed by atoms with van der Waals surface area (Å²) >= 11 is 0. The van der Waals surface area contributed by atoms with Crippen molar-refractivity contribution in [2.24, 2.45) is 5.92 Å². The zero-order chi connectivity index (χ0) is 24.8. The molecule has 188 valence electrons. The quantitative estimate of drug-likeness (QED) is 0.662. The molecule has 4 rings (SSSR count). The number of nitrogens with zero attached hydrogens (tertiary/aromatic N) is 2. The van der Waals surface area contributed by atoms with Gasteiger partial charge >= 0.3 is 6.18 Å². The molecule has 2 amide bonds. The summed E-state index contributed by atoms with van der Waals surface area (Å²) in [6.45, 7) is 3.03. The second-order valence-corrected chi connectivity index (χ2v) is 9.60. The SMILES string of the molecule is O=C(NC1CCN(Cc2cccc(C(F)(F)F)c2)CC1)C1CCCN(C(=O)Cc2ccccc2)C1. The van der Waals surface area contributed by atoms with Crippen molar-refractivity contribution in [1.82, 2.24) is 15.1 Å². The van der Waals surface area contributed by atoms with Gasteiger partial charge in [0.05, 0.1) is 17.9 Å². The normalized spacial score (nSPS) is 20.0. The topological polar surface area (TPSA) is 52.7 Å². The number of likely N-dealkylation sites (tertiary alicyclic amines) is 2. The molecule has 35 heavy (non-hydrogen) atoms. The van der Waals surface area contributed by atoms with E-state index in [1.54, 1.807) is 11.0 Å². The van der Waals surface area contributed by atoms with E-state index in [9.17, 15) is 22.8 Å². The number of alkyl halides is 3. The Morgan fingerprint density at radius 1 is 0.914 bits per heavy atom. The van der Waals surface area contributed by atoms with Gasteiger partial charge in [-0.05, 0) is 42.9 Å². The van der Waals surface area contributed by atoms with Gasteiger partial charge in [-0.2, -0.15) is 13.2 Å². The van der Waals surface area contributed by atoms with Crippen LogP contribution in [-0.2, 0) is 28.7 Å². The number of carbonyl (C=O) groups excluding carboxylic acids is 2. The zero-order valence-electron chi connectivity index (χ0n) is 19.8. The molecule has 2 aliphatic heterocycles. The second kappa shape index (κ2) is 11.2. The van der Waals surface area contributed by atoms with Crippen LogP contribution in [0.2, 0.25) is 0 Å². The maximum Gasteiger partial charge on any atom is 0.416 e. The van der Waals surface area contributed by atoms with E-state index >= 15 is 0 Å². The molecule has 1 atom stereocenters. The van der Waals surface area contributed by atoms with Crippen molar-refractivity contribution in [3.63, 3.8) is 0 Å². The first-order chi connectivity index (χ1) is 16.8. The first-order valence-corrected chi connectivity index (χ1v) is 12.3. The molecule has 2 heterocycles. The molecular weight excluding hydrogens is 455 g/mol. The lowest BCUT2D eigenvalue weighted by molar-refractivity contribution is -0.138. The minimum absolute atomic E-state index is 0.00135. The van der Waals surface area contributed by atoms with E-state index in [1.807, 2.05) is 30.3 Å². The average molecular weight is 488 g/mol. The summed E-state index contributed by atoms with van der Waals surface area (Å²) in [5.41, 5.74) is 0.992.